The molecule has 1 heterocycles. The summed E-state index contributed by atoms with van der Waals surface area (Å²) in [7, 11) is 3.36. The zero-order valence-corrected chi connectivity index (χ0v) is 13.9. The van der Waals surface area contributed by atoms with E-state index in [2.05, 4.69) is 5.32 Å². The third-order valence-corrected chi connectivity index (χ3v) is 4.05. The average Bonchev–Trinajstić information content (AvgIpc) is 3.03. The summed E-state index contributed by atoms with van der Waals surface area (Å²) in [6.07, 6.45) is 1.68. The van der Waals surface area contributed by atoms with Crippen molar-refractivity contribution in [3.8, 4) is 0 Å². The molecule has 0 radical (unpaired) electrons. The summed E-state index contributed by atoms with van der Waals surface area (Å²) in [4.78, 5) is 38.1. The maximum atomic E-state index is 12.4. The van der Waals surface area contributed by atoms with Crippen molar-refractivity contribution in [1.29, 1.82) is 0 Å². The van der Waals surface area contributed by atoms with Crippen LogP contribution in [0.25, 0.3) is 0 Å². The van der Waals surface area contributed by atoms with E-state index in [1.165, 1.54) is 11.0 Å². The van der Waals surface area contributed by atoms with Crippen molar-refractivity contribution in [2.75, 3.05) is 32.5 Å². The third kappa shape index (κ3) is 4.01. The van der Waals surface area contributed by atoms with E-state index in [4.69, 9.17) is 0 Å². The number of likely N-dealkylation sites (N-methyl/N-ethyl adjacent to an activating group) is 1. The fraction of sp³-hybridized carbons (Fsp3) is 0.500. The lowest BCUT2D eigenvalue weighted by atomic mass is 10.2. The summed E-state index contributed by atoms with van der Waals surface area (Å²) in [5.74, 6) is -0.175. The number of nitro groups is 1. The van der Waals surface area contributed by atoms with Crippen molar-refractivity contribution in [2.24, 2.45) is 0 Å². The second kappa shape index (κ2) is 7.76. The van der Waals surface area contributed by atoms with Crippen molar-refractivity contribution < 1.29 is 14.5 Å². The molecule has 1 aliphatic heterocycles. The Balaban J connectivity index is 1.92. The normalized spacial score (nSPS) is 16.8. The van der Waals surface area contributed by atoms with E-state index in [9.17, 15) is 19.7 Å². The Labute approximate surface area is 140 Å². The Morgan fingerprint density at radius 2 is 2.08 bits per heavy atom. The molecule has 1 aromatic carbocycles. The van der Waals surface area contributed by atoms with E-state index in [-0.39, 0.29) is 30.5 Å². The number of hydrogen-bond donors (Lipinski definition) is 1. The summed E-state index contributed by atoms with van der Waals surface area (Å²) >= 11 is 0. The van der Waals surface area contributed by atoms with Crippen LogP contribution in [0.2, 0.25) is 0 Å². The zero-order valence-electron chi connectivity index (χ0n) is 13.9. The van der Waals surface area contributed by atoms with Gasteiger partial charge in [0.05, 0.1) is 4.92 Å². The molecule has 1 saturated heterocycles. The molecule has 8 heteroatoms. The molecule has 0 spiro atoms. The van der Waals surface area contributed by atoms with Gasteiger partial charge in [0.2, 0.25) is 11.8 Å². The molecule has 0 aromatic heterocycles. The van der Waals surface area contributed by atoms with E-state index < -0.39 is 11.0 Å². The lowest BCUT2D eigenvalue weighted by molar-refractivity contribution is -0.384. The summed E-state index contributed by atoms with van der Waals surface area (Å²) in [6, 6.07) is 5.92. The molecule has 8 nitrogen and oxygen atoms in total. The van der Waals surface area contributed by atoms with Crippen LogP contribution in [-0.2, 0) is 9.59 Å². The topological polar surface area (TPSA) is 95.8 Å². The highest BCUT2D eigenvalue weighted by molar-refractivity contribution is 5.88. The van der Waals surface area contributed by atoms with Gasteiger partial charge in [-0.3, -0.25) is 19.7 Å². The second-order valence-corrected chi connectivity index (χ2v) is 5.93. The number of carbonyl (C=O) groups excluding carboxylic acids is 2. The molecule has 0 aliphatic carbocycles. The summed E-state index contributed by atoms with van der Waals surface area (Å²) in [5, 5.41) is 13.9. The van der Waals surface area contributed by atoms with Crippen LogP contribution in [0.5, 0.6) is 0 Å². The standard InChI is InChI=1S/C16H22N4O4/c1-18(2)16(22)14-8-5-11-19(14)15(21)9-10-17-12-6-3-4-7-13(12)20(23)24/h3-4,6-7,14,17H,5,8-11H2,1-2H3/t14-/m1/s1. The largest absolute Gasteiger partial charge is 0.379 e. The smallest absolute Gasteiger partial charge is 0.292 e. The number of nitrogens with zero attached hydrogens (tertiary/aromatic N) is 3. The van der Waals surface area contributed by atoms with E-state index in [0.29, 0.717) is 18.7 Å². The molecule has 1 aliphatic rings. The lowest BCUT2D eigenvalue weighted by Gasteiger charge is -2.26. The van der Waals surface area contributed by atoms with Crippen molar-refractivity contribution in [3.05, 3.63) is 34.4 Å². The summed E-state index contributed by atoms with van der Waals surface area (Å²) in [6.45, 7) is 0.859. The highest BCUT2D eigenvalue weighted by Gasteiger charge is 2.34. The molecule has 2 amide bonds. The van der Waals surface area contributed by atoms with Gasteiger partial charge in [-0.05, 0) is 18.9 Å². The van der Waals surface area contributed by atoms with Crippen LogP contribution in [0, 0.1) is 10.1 Å². The number of nitrogens with one attached hydrogen (secondary N) is 1. The van der Waals surface area contributed by atoms with Crippen LogP contribution in [0.1, 0.15) is 19.3 Å². The quantitative estimate of drug-likeness (QED) is 0.628. The maximum Gasteiger partial charge on any atom is 0.292 e. The predicted octanol–water partition coefficient (Wildman–Crippen LogP) is 1.48. The van der Waals surface area contributed by atoms with Gasteiger partial charge in [0.25, 0.3) is 5.69 Å². The fourth-order valence-corrected chi connectivity index (χ4v) is 2.85. The maximum absolute atomic E-state index is 12.4. The van der Waals surface area contributed by atoms with Crippen LogP contribution in [0.15, 0.2) is 24.3 Å². The Morgan fingerprint density at radius 3 is 2.75 bits per heavy atom. The number of hydrogen-bond acceptors (Lipinski definition) is 5. The first-order valence-corrected chi connectivity index (χ1v) is 7.89. The van der Waals surface area contributed by atoms with Gasteiger partial charge in [-0.25, -0.2) is 0 Å². The minimum Gasteiger partial charge on any atom is -0.379 e. The number of amides is 2. The number of anilines is 1. The lowest BCUT2D eigenvalue weighted by Crippen LogP contribution is -2.45. The zero-order chi connectivity index (χ0) is 17.7. The van der Waals surface area contributed by atoms with Gasteiger partial charge in [-0.15, -0.1) is 0 Å². The fourth-order valence-electron chi connectivity index (χ4n) is 2.85. The van der Waals surface area contributed by atoms with Crippen LogP contribution in [0.3, 0.4) is 0 Å². The van der Waals surface area contributed by atoms with Gasteiger partial charge in [-0.2, -0.15) is 0 Å². The molecule has 1 N–H and O–H groups in total. The molecular formula is C16H22N4O4. The van der Waals surface area contributed by atoms with Crippen molar-refractivity contribution in [1.82, 2.24) is 9.80 Å². The Morgan fingerprint density at radius 1 is 1.38 bits per heavy atom. The van der Waals surface area contributed by atoms with Gasteiger partial charge in [0, 0.05) is 39.7 Å². The minimum absolute atomic E-state index is 0.0215. The Bertz CT molecular complexity index is 632. The average molecular weight is 334 g/mol. The Kier molecular flexibility index (Phi) is 5.73. The van der Waals surface area contributed by atoms with Gasteiger partial charge >= 0.3 is 0 Å². The monoisotopic (exact) mass is 334 g/mol. The first kappa shape index (κ1) is 17.7. The van der Waals surface area contributed by atoms with Crippen LogP contribution < -0.4 is 5.32 Å². The van der Waals surface area contributed by atoms with Crippen LogP contribution >= 0.6 is 0 Å². The van der Waals surface area contributed by atoms with E-state index in [1.54, 1.807) is 37.2 Å². The number of nitro benzene ring substituents is 1. The summed E-state index contributed by atoms with van der Waals surface area (Å²) < 4.78 is 0. The van der Waals surface area contributed by atoms with Crippen molar-refractivity contribution in [3.63, 3.8) is 0 Å². The van der Waals surface area contributed by atoms with Gasteiger partial charge < -0.3 is 15.1 Å². The minimum atomic E-state index is -0.462. The molecule has 130 valence electrons. The number of benzene rings is 1. The molecule has 1 atom stereocenters. The van der Waals surface area contributed by atoms with Crippen molar-refractivity contribution >= 4 is 23.2 Å². The molecule has 0 bridgehead atoms. The molecule has 24 heavy (non-hydrogen) atoms. The molecule has 1 fully saturated rings. The number of rotatable bonds is 6. The van der Waals surface area contributed by atoms with Gasteiger partial charge in [0.15, 0.2) is 0 Å². The number of likely N-dealkylation sites (tertiary alicyclic amines) is 1. The predicted molar refractivity (Wildman–Crippen MR) is 89.6 cm³/mol. The highest BCUT2D eigenvalue weighted by Crippen LogP contribution is 2.23. The molecule has 1 aromatic rings. The second-order valence-electron chi connectivity index (χ2n) is 5.93. The van der Waals surface area contributed by atoms with Crippen molar-refractivity contribution in [2.45, 2.75) is 25.3 Å². The Hall–Kier alpha value is -2.64. The van der Waals surface area contributed by atoms with E-state index in [0.717, 1.165) is 6.42 Å². The molecule has 0 saturated carbocycles. The molecule has 2 rings (SSSR count). The first-order chi connectivity index (χ1) is 11.4. The first-order valence-electron chi connectivity index (χ1n) is 7.89. The molecule has 0 unspecified atom stereocenters. The van der Waals surface area contributed by atoms with Gasteiger partial charge in [-0.1, -0.05) is 12.1 Å². The third-order valence-electron chi connectivity index (χ3n) is 4.05. The van der Waals surface area contributed by atoms with Crippen LogP contribution in [-0.4, -0.2) is 59.8 Å². The van der Waals surface area contributed by atoms with Gasteiger partial charge in [0.1, 0.15) is 11.7 Å². The molecular weight excluding hydrogens is 312 g/mol. The van der Waals surface area contributed by atoms with E-state index in [1.807, 2.05) is 0 Å². The van der Waals surface area contributed by atoms with E-state index >= 15 is 0 Å². The SMILES string of the molecule is CN(C)C(=O)[C@H]1CCCN1C(=O)CCNc1ccccc1[N+](=O)[O-]. The highest BCUT2D eigenvalue weighted by atomic mass is 16.6. The van der Waals surface area contributed by atoms with Crippen LogP contribution in [0.4, 0.5) is 11.4 Å². The number of para-hydroxylation sites is 2. The summed E-state index contributed by atoms with van der Waals surface area (Å²) in [5.41, 5.74) is 0.365. The number of carbonyl (C=O) groups is 2.